The molecule has 4 heteroatoms. The molecule has 86 valence electrons. The van der Waals surface area contributed by atoms with Crippen LogP contribution in [-0.4, -0.2) is 25.1 Å². The maximum absolute atomic E-state index is 11.9. The summed E-state index contributed by atoms with van der Waals surface area (Å²) in [6.07, 6.45) is 0.404. The molecule has 0 bridgehead atoms. The molecule has 0 aromatic heterocycles. The quantitative estimate of drug-likeness (QED) is 0.813. The van der Waals surface area contributed by atoms with Crippen LogP contribution in [0.15, 0.2) is 24.3 Å². The highest BCUT2D eigenvalue weighted by Gasteiger charge is 2.23. The minimum Gasteiger partial charge on any atom is -0.491 e. The van der Waals surface area contributed by atoms with Gasteiger partial charge in [0.15, 0.2) is 0 Å². The number of fused-ring (bicyclic) bond motifs is 1. The van der Waals surface area contributed by atoms with Crippen LogP contribution >= 0.6 is 0 Å². The molecule has 1 aromatic carbocycles. The van der Waals surface area contributed by atoms with Gasteiger partial charge in [-0.2, -0.15) is 0 Å². The highest BCUT2D eigenvalue weighted by molar-refractivity contribution is 5.95. The first-order valence-corrected chi connectivity index (χ1v) is 5.46. The molecule has 2 rings (SSSR count). The van der Waals surface area contributed by atoms with Crippen LogP contribution < -0.4 is 15.4 Å². The van der Waals surface area contributed by atoms with Crippen molar-refractivity contribution in [1.29, 1.82) is 0 Å². The maximum Gasteiger partial charge on any atom is 0.230 e. The molecule has 0 aliphatic carbocycles. The summed E-state index contributed by atoms with van der Waals surface area (Å²) in [7, 11) is 0. The first-order valence-electron chi connectivity index (χ1n) is 5.46. The number of hydrogen-bond acceptors (Lipinski definition) is 3. The van der Waals surface area contributed by atoms with Gasteiger partial charge in [-0.25, -0.2) is 0 Å². The van der Waals surface area contributed by atoms with Crippen LogP contribution in [0.25, 0.3) is 0 Å². The van der Waals surface area contributed by atoms with Crippen LogP contribution in [0.1, 0.15) is 13.3 Å². The van der Waals surface area contributed by atoms with Crippen molar-refractivity contribution in [2.24, 2.45) is 5.73 Å². The number of ether oxygens (including phenoxy) is 1. The highest BCUT2D eigenvalue weighted by atomic mass is 16.5. The number of carbonyl (C=O) groups is 1. The molecule has 0 fully saturated rings. The Morgan fingerprint density at radius 2 is 2.25 bits per heavy atom. The number of para-hydroxylation sites is 2. The van der Waals surface area contributed by atoms with Gasteiger partial charge in [0.25, 0.3) is 0 Å². The van der Waals surface area contributed by atoms with Crippen molar-refractivity contribution in [2.45, 2.75) is 19.4 Å². The first-order chi connectivity index (χ1) is 7.68. The molecule has 1 aliphatic heterocycles. The maximum atomic E-state index is 11.9. The van der Waals surface area contributed by atoms with Gasteiger partial charge in [0.1, 0.15) is 5.75 Å². The van der Waals surface area contributed by atoms with Crippen molar-refractivity contribution in [1.82, 2.24) is 0 Å². The molecular weight excluding hydrogens is 204 g/mol. The van der Waals surface area contributed by atoms with E-state index in [1.54, 1.807) is 4.90 Å². The van der Waals surface area contributed by atoms with Gasteiger partial charge in [0, 0.05) is 12.6 Å². The van der Waals surface area contributed by atoms with Crippen molar-refractivity contribution in [2.75, 3.05) is 18.1 Å². The van der Waals surface area contributed by atoms with E-state index in [0.717, 1.165) is 11.4 Å². The molecule has 1 atom stereocenters. The normalized spacial score (nSPS) is 17.4. The second-order valence-electron chi connectivity index (χ2n) is 4.05. The van der Waals surface area contributed by atoms with E-state index in [1.165, 1.54) is 0 Å². The van der Waals surface area contributed by atoms with Gasteiger partial charge < -0.3 is 15.4 Å². The second kappa shape index (κ2) is 4.53. The standard InChI is InChI=1S/C12H16N2O2/c1-9(13)8-14-10-4-2-3-5-11(10)16-7-6-12(14)15/h2-5,9H,6-8,13H2,1H3. The Hall–Kier alpha value is -1.55. The van der Waals surface area contributed by atoms with Gasteiger partial charge in [0.2, 0.25) is 5.91 Å². The lowest BCUT2D eigenvalue weighted by atomic mass is 10.2. The molecule has 0 saturated heterocycles. The summed E-state index contributed by atoms with van der Waals surface area (Å²) in [5.41, 5.74) is 6.58. The summed E-state index contributed by atoms with van der Waals surface area (Å²) in [4.78, 5) is 13.6. The first kappa shape index (κ1) is 11.0. The van der Waals surface area contributed by atoms with Crippen molar-refractivity contribution >= 4 is 11.6 Å². The molecule has 1 aliphatic rings. The zero-order valence-electron chi connectivity index (χ0n) is 9.35. The van der Waals surface area contributed by atoms with E-state index in [2.05, 4.69) is 0 Å². The molecule has 0 radical (unpaired) electrons. The Kier molecular flexibility index (Phi) is 3.10. The van der Waals surface area contributed by atoms with Crippen molar-refractivity contribution in [3.8, 4) is 5.75 Å². The minimum atomic E-state index is -0.0462. The molecule has 4 nitrogen and oxygen atoms in total. The third-order valence-corrected chi connectivity index (χ3v) is 2.50. The van der Waals surface area contributed by atoms with Crippen LogP contribution in [0.5, 0.6) is 5.75 Å². The van der Waals surface area contributed by atoms with E-state index in [4.69, 9.17) is 10.5 Å². The van der Waals surface area contributed by atoms with Gasteiger partial charge in [-0.15, -0.1) is 0 Å². The Morgan fingerprint density at radius 1 is 1.50 bits per heavy atom. The minimum absolute atomic E-state index is 0.0462. The molecule has 1 amide bonds. The van der Waals surface area contributed by atoms with E-state index in [-0.39, 0.29) is 11.9 Å². The van der Waals surface area contributed by atoms with Crippen molar-refractivity contribution in [3.05, 3.63) is 24.3 Å². The monoisotopic (exact) mass is 220 g/mol. The smallest absolute Gasteiger partial charge is 0.230 e. The molecule has 0 saturated carbocycles. The summed E-state index contributed by atoms with van der Waals surface area (Å²) in [5.74, 6) is 0.830. The lowest BCUT2D eigenvalue weighted by Gasteiger charge is -2.23. The lowest BCUT2D eigenvalue weighted by Crippen LogP contribution is -2.39. The Bertz CT molecular complexity index is 390. The topological polar surface area (TPSA) is 55.6 Å². The van der Waals surface area contributed by atoms with Gasteiger partial charge in [-0.3, -0.25) is 4.79 Å². The van der Waals surface area contributed by atoms with E-state index >= 15 is 0 Å². The van der Waals surface area contributed by atoms with Crippen LogP contribution in [0.4, 0.5) is 5.69 Å². The average molecular weight is 220 g/mol. The van der Waals surface area contributed by atoms with E-state index in [0.29, 0.717) is 19.6 Å². The summed E-state index contributed by atoms with van der Waals surface area (Å²) in [5, 5.41) is 0. The molecule has 1 heterocycles. The van der Waals surface area contributed by atoms with E-state index in [9.17, 15) is 4.79 Å². The molecule has 2 N–H and O–H groups in total. The van der Waals surface area contributed by atoms with Gasteiger partial charge in [-0.1, -0.05) is 12.1 Å². The third-order valence-electron chi connectivity index (χ3n) is 2.50. The van der Waals surface area contributed by atoms with Crippen LogP contribution in [0.3, 0.4) is 0 Å². The molecule has 1 aromatic rings. The van der Waals surface area contributed by atoms with Crippen molar-refractivity contribution in [3.63, 3.8) is 0 Å². The number of benzene rings is 1. The SMILES string of the molecule is CC(N)CN1C(=O)CCOc2ccccc21. The van der Waals surface area contributed by atoms with Gasteiger partial charge >= 0.3 is 0 Å². The molecular formula is C12H16N2O2. The van der Waals surface area contributed by atoms with Gasteiger partial charge in [-0.05, 0) is 19.1 Å². The summed E-state index contributed by atoms with van der Waals surface area (Å²) < 4.78 is 5.53. The van der Waals surface area contributed by atoms with E-state index < -0.39 is 0 Å². The molecule has 16 heavy (non-hydrogen) atoms. The summed E-state index contributed by atoms with van der Waals surface area (Å²) >= 11 is 0. The summed E-state index contributed by atoms with van der Waals surface area (Å²) in [6, 6.07) is 7.52. The fourth-order valence-corrected chi connectivity index (χ4v) is 1.81. The Morgan fingerprint density at radius 3 is 3.00 bits per heavy atom. The number of amides is 1. The number of nitrogens with zero attached hydrogens (tertiary/aromatic N) is 1. The number of nitrogens with two attached hydrogens (primary N) is 1. The second-order valence-corrected chi connectivity index (χ2v) is 4.05. The number of rotatable bonds is 2. The lowest BCUT2D eigenvalue weighted by molar-refractivity contribution is -0.118. The third kappa shape index (κ3) is 2.17. The van der Waals surface area contributed by atoms with Crippen LogP contribution in [0, 0.1) is 0 Å². The fraction of sp³-hybridized carbons (Fsp3) is 0.417. The molecule has 0 spiro atoms. The zero-order valence-corrected chi connectivity index (χ0v) is 9.35. The Labute approximate surface area is 95.0 Å². The van der Waals surface area contributed by atoms with E-state index in [1.807, 2.05) is 31.2 Å². The summed E-state index contributed by atoms with van der Waals surface area (Å²) in [6.45, 7) is 2.85. The van der Waals surface area contributed by atoms with Crippen LogP contribution in [-0.2, 0) is 4.79 Å². The predicted molar refractivity (Wildman–Crippen MR) is 62.6 cm³/mol. The van der Waals surface area contributed by atoms with Crippen molar-refractivity contribution < 1.29 is 9.53 Å². The predicted octanol–water partition coefficient (Wildman–Crippen LogP) is 1.15. The zero-order chi connectivity index (χ0) is 11.5. The largest absolute Gasteiger partial charge is 0.491 e. The molecule has 1 unspecified atom stereocenters. The fourth-order valence-electron chi connectivity index (χ4n) is 1.81. The Balaban J connectivity index is 2.36. The number of anilines is 1. The highest BCUT2D eigenvalue weighted by Crippen LogP contribution is 2.30. The average Bonchev–Trinajstić information content (AvgIpc) is 2.40. The number of hydrogen-bond donors (Lipinski definition) is 1. The number of carbonyl (C=O) groups excluding carboxylic acids is 1. The van der Waals surface area contributed by atoms with Crippen LogP contribution in [0.2, 0.25) is 0 Å². The van der Waals surface area contributed by atoms with Gasteiger partial charge in [0.05, 0.1) is 18.7 Å².